The minimum Gasteiger partial charge on any atom is -0.380 e. The molecule has 4 nitrogen and oxygen atoms in total. The molecule has 1 saturated heterocycles. The van der Waals surface area contributed by atoms with Crippen LogP contribution in [0.1, 0.15) is 53.4 Å². The lowest BCUT2D eigenvalue weighted by molar-refractivity contribution is -0.134. The van der Waals surface area contributed by atoms with Crippen LogP contribution in [0.4, 0.5) is 0 Å². The quantitative estimate of drug-likeness (QED) is 0.719. The predicted molar refractivity (Wildman–Crippen MR) is 82.7 cm³/mol. The molecule has 1 unspecified atom stereocenters. The molecule has 0 radical (unpaired) electrons. The van der Waals surface area contributed by atoms with Crippen LogP contribution in [0.5, 0.6) is 0 Å². The van der Waals surface area contributed by atoms with Crippen molar-refractivity contribution in [1.82, 2.24) is 10.6 Å². The normalized spacial score (nSPS) is 19.9. The molecule has 0 aromatic rings. The number of hydrogen-bond donors (Lipinski definition) is 2. The third-order valence-corrected chi connectivity index (χ3v) is 4.39. The Hall–Kier alpha value is -0.610. The number of rotatable bonds is 8. The van der Waals surface area contributed by atoms with Gasteiger partial charge in [-0.1, -0.05) is 27.2 Å². The van der Waals surface area contributed by atoms with Crippen molar-refractivity contribution in [3.63, 3.8) is 0 Å². The van der Waals surface area contributed by atoms with Crippen LogP contribution in [-0.2, 0) is 9.53 Å². The monoisotopic (exact) mass is 284 g/mol. The van der Waals surface area contributed by atoms with Crippen LogP contribution in [0.25, 0.3) is 0 Å². The minimum atomic E-state index is -0.167. The Morgan fingerprint density at radius 1 is 1.30 bits per heavy atom. The fourth-order valence-electron chi connectivity index (χ4n) is 2.94. The van der Waals surface area contributed by atoms with Crippen molar-refractivity contribution in [2.24, 2.45) is 11.3 Å². The van der Waals surface area contributed by atoms with Gasteiger partial charge in [0.1, 0.15) is 0 Å². The molecule has 1 aliphatic heterocycles. The number of amides is 1. The molecule has 20 heavy (non-hydrogen) atoms. The van der Waals surface area contributed by atoms with Crippen molar-refractivity contribution in [2.75, 3.05) is 26.3 Å². The molecule has 1 aliphatic rings. The molecular weight excluding hydrogens is 252 g/mol. The number of carbonyl (C=O) groups excluding carboxylic acids is 1. The summed E-state index contributed by atoms with van der Waals surface area (Å²) in [4.78, 5) is 12.8. The fourth-order valence-corrected chi connectivity index (χ4v) is 2.94. The lowest BCUT2D eigenvalue weighted by atomic mass is 9.74. The Labute approximate surface area is 124 Å². The number of nitrogens with one attached hydrogen (secondary N) is 2. The topological polar surface area (TPSA) is 50.4 Å². The van der Waals surface area contributed by atoms with Gasteiger partial charge in [0.25, 0.3) is 0 Å². The Morgan fingerprint density at radius 3 is 2.45 bits per heavy atom. The SMILES string of the molecule is CCCC1(C(=O)NC(COCC)C(C)C)CCNCC1. The van der Waals surface area contributed by atoms with Gasteiger partial charge in [-0.05, 0) is 45.2 Å². The highest BCUT2D eigenvalue weighted by atomic mass is 16.5. The summed E-state index contributed by atoms with van der Waals surface area (Å²) in [6, 6.07) is 0.117. The molecule has 0 aliphatic carbocycles. The van der Waals surface area contributed by atoms with E-state index in [9.17, 15) is 4.79 Å². The van der Waals surface area contributed by atoms with E-state index in [0.29, 0.717) is 19.1 Å². The van der Waals surface area contributed by atoms with Gasteiger partial charge in [-0.2, -0.15) is 0 Å². The maximum Gasteiger partial charge on any atom is 0.226 e. The predicted octanol–water partition coefficient (Wildman–Crippen LogP) is 2.33. The summed E-state index contributed by atoms with van der Waals surface area (Å²) in [6.45, 7) is 11.6. The zero-order valence-electron chi connectivity index (χ0n) is 13.6. The van der Waals surface area contributed by atoms with E-state index in [4.69, 9.17) is 4.74 Å². The van der Waals surface area contributed by atoms with Crippen LogP contribution in [0.3, 0.4) is 0 Å². The molecule has 0 bridgehead atoms. The molecule has 0 spiro atoms. The van der Waals surface area contributed by atoms with Crippen molar-refractivity contribution in [1.29, 1.82) is 0 Å². The highest BCUT2D eigenvalue weighted by Gasteiger charge is 2.39. The second kappa shape index (κ2) is 8.63. The van der Waals surface area contributed by atoms with E-state index in [-0.39, 0.29) is 17.4 Å². The second-order valence-electron chi connectivity index (χ2n) is 6.26. The number of carbonyl (C=O) groups is 1. The summed E-state index contributed by atoms with van der Waals surface area (Å²) in [7, 11) is 0. The van der Waals surface area contributed by atoms with Gasteiger partial charge in [-0.25, -0.2) is 0 Å². The smallest absolute Gasteiger partial charge is 0.226 e. The van der Waals surface area contributed by atoms with Gasteiger partial charge in [0.05, 0.1) is 18.1 Å². The lowest BCUT2D eigenvalue weighted by Gasteiger charge is -2.38. The first kappa shape index (κ1) is 17.4. The summed E-state index contributed by atoms with van der Waals surface area (Å²) in [6.07, 6.45) is 3.95. The summed E-state index contributed by atoms with van der Waals surface area (Å²) in [5.41, 5.74) is -0.167. The molecule has 2 N–H and O–H groups in total. The first-order valence-corrected chi connectivity index (χ1v) is 8.15. The number of hydrogen-bond acceptors (Lipinski definition) is 3. The molecule has 1 fully saturated rings. The van der Waals surface area contributed by atoms with Gasteiger partial charge < -0.3 is 15.4 Å². The average molecular weight is 284 g/mol. The summed E-state index contributed by atoms with van der Waals surface area (Å²) in [5, 5.41) is 6.61. The van der Waals surface area contributed by atoms with E-state index < -0.39 is 0 Å². The van der Waals surface area contributed by atoms with E-state index in [1.54, 1.807) is 0 Å². The van der Waals surface area contributed by atoms with Crippen LogP contribution in [-0.4, -0.2) is 38.3 Å². The molecule has 1 amide bonds. The average Bonchev–Trinajstić information content (AvgIpc) is 2.44. The van der Waals surface area contributed by atoms with Crippen LogP contribution in [0.2, 0.25) is 0 Å². The molecule has 1 rings (SSSR count). The van der Waals surface area contributed by atoms with Gasteiger partial charge >= 0.3 is 0 Å². The highest BCUT2D eigenvalue weighted by molar-refractivity contribution is 5.83. The first-order valence-electron chi connectivity index (χ1n) is 8.15. The lowest BCUT2D eigenvalue weighted by Crippen LogP contribution is -2.52. The molecule has 118 valence electrons. The van der Waals surface area contributed by atoms with Crippen molar-refractivity contribution in [3.8, 4) is 0 Å². The Kier molecular flexibility index (Phi) is 7.52. The zero-order chi connectivity index (χ0) is 15.0. The summed E-state index contributed by atoms with van der Waals surface area (Å²) < 4.78 is 5.51. The maximum absolute atomic E-state index is 12.8. The first-order chi connectivity index (χ1) is 9.55. The van der Waals surface area contributed by atoms with Crippen molar-refractivity contribution in [2.45, 2.75) is 59.4 Å². The number of piperidine rings is 1. The molecule has 0 aromatic heterocycles. The zero-order valence-corrected chi connectivity index (χ0v) is 13.6. The standard InChI is InChI=1S/C16H32N2O2/c1-5-7-16(8-10-17-11-9-16)15(19)18-14(13(3)4)12-20-6-2/h13-14,17H,5-12H2,1-4H3,(H,18,19). The summed E-state index contributed by atoms with van der Waals surface area (Å²) in [5.74, 6) is 0.630. The van der Waals surface area contributed by atoms with E-state index in [0.717, 1.165) is 38.8 Å². The molecule has 0 aromatic carbocycles. The maximum atomic E-state index is 12.8. The number of ether oxygens (including phenoxy) is 1. The largest absolute Gasteiger partial charge is 0.380 e. The third kappa shape index (κ3) is 4.74. The minimum absolute atomic E-state index is 0.117. The third-order valence-electron chi connectivity index (χ3n) is 4.39. The van der Waals surface area contributed by atoms with Gasteiger partial charge in [0, 0.05) is 6.61 Å². The van der Waals surface area contributed by atoms with Crippen LogP contribution in [0.15, 0.2) is 0 Å². The van der Waals surface area contributed by atoms with E-state index in [2.05, 4.69) is 31.4 Å². The van der Waals surface area contributed by atoms with Crippen molar-refractivity contribution >= 4 is 5.91 Å². The Bertz CT molecular complexity index is 281. The van der Waals surface area contributed by atoms with Gasteiger partial charge in [0.2, 0.25) is 5.91 Å². The Balaban J connectivity index is 2.68. The highest BCUT2D eigenvalue weighted by Crippen LogP contribution is 2.34. The van der Waals surface area contributed by atoms with Crippen LogP contribution < -0.4 is 10.6 Å². The molecule has 1 heterocycles. The van der Waals surface area contributed by atoms with Gasteiger partial charge in [-0.15, -0.1) is 0 Å². The van der Waals surface area contributed by atoms with Crippen molar-refractivity contribution < 1.29 is 9.53 Å². The van der Waals surface area contributed by atoms with Crippen molar-refractivity contribution in [3.05, 3.63) is 0 Å². The molecule has 1 atom stereocenters. The fraction of sp³-hybridized carbons (Fsp3) is 0.938. The van der Waals surface area contributed by atoms with Crippen LogP contribution in [0, 0.1) is 11.3 Å². The van der Waals surface area contributed by atoms with Crippen LogP contribution >= 0.6 is 0 Å². The van der Waals surface area contributed by atoms with E-state index >= 15 is 0 Å². The van der Waals surface area contributed by atoms with E-state index in [1.807, 2.05) is 6.92 Å². The molecule has 0 saturated carbocycles. The van der Waals surface area contributed by atoms with Gasteiger partial charge in [0.15, 0.2) is 0 Å². The molecule has 4 heteroatoms. The van der Waals surface area contributed by atoms with E-state index in [1.165, 1.54) is 0 Å². The van der Waals surface area contributed by atoms with Gasteiger partial charge in [-0.3, -0.25) is 4.79 Å². The molecular formula is C16H32N2O2. The Morgan fingerprint density at radius 2 is 1.95 bits per heavy atom. The second-order valence-corrected chi connectivity index (χ2v) is 6.26. The summed E-state index contributed by atoms with van der Waals surface area (Å²) >= 11 is 0.